The summed E-state index contributed by atoms with van der Waals surface area (Å²) in [5, 5.41) is 2.33. The van der Waals surface area contributed by atoms with E-state index in [0.29, 0.717) is 0 Å². The van der Waals surface area contributed by atoms with Crippen LogP contribution in [0, 0.1) is 0 Å². The molecule has 0 saturated carbocycles. The zero-order valence-electron chi connectivity index (χ0n) is 21.1. The molecule has 0 bridgehead atoms. The Bertz CT molecular complexity index is 1760. The van der Waals surface area contributed by atoms with E-state index in [-0.39, 0.29) is 0 Å². The molecule has 0 atom stereocenters. The van der Waals surface area contributed by atoms with E-state index in [1.807, 2.05) is 36.5 Å². The van der Waals surface area contributed by atoms with Crippen LogP contribution >= 0.6 is 0 Å². The summed E-state index contributed by atoms with van der Waals surface area (Å²) in [6.45, 7) is 0. The highest BCUT2D eigenvalue weighted by atomic mass is 19.5. The number of para-hydroxylation sites is 2. The van der Waals surface area contributed by atoms with Gasteiger partial charge in [0.1, 0.15) is 23.2 Å². The second-order valence-corrected chi connectivity index (χ2v) is 8.69. The minimum atomic E-state index is -6.00. The number of methoxy groups -OCH3 is 2. The third-order valence-electron chi connectivity index (χ3n) is 6.36. The first-order chi connectivity index (χ1) is 18.8. The predicted octanol–water partition coefficient (Wildman–Crippen LogP) is 7.78. The lowest BCUT2D eigenvalue weighted by molar-refractivity contribution is -0.467. The van der Waals surface area contributed by atoms with E-state index in [9.17, 15) is 17.3 Å². The van der Waals surface area contributed by atoms with Crippen molar-refractivity contribution in [2.24, 2.45) is 0 Å². The molecular weight excluding hydrogens is 507 g/mol. The smallest absolute Gasteiger partial charge is 0.497 e. The van der Waals surface area contributed by atoms with Gasteiger partial charge in [0.15, 0.2) is 0 Å². The molecule has 0 unspecified atom stereocenters. The topological polar surface area (TPSA) is 35.5 Å². The van der Waals surface area contributed by atoms with Crippen LogP contribution < -0.4 is 13.9 Å². The molecular formula is C30H23BF4N2O2. The summed E-state index contributed by atoms with van der Waals surface area (Å²) >= 11 is 0. The van der Waals surface area contributed by atoms with Gasteiger partial charge in [0, 0.05) is 17.0 Å². The highest BCUT2D eigenvalue weighted by Gasteiger charge is 2.27. The average molecular weight is 530 g/mol. The summed E-state index contributed by atoms with van der Waals surface area (Å²) in [6.07, 6.45) is 1.98. The Morgan fingerprint density at radius 2 is 1.13 bits per heavy atom. The van der Waals surface area contributed by atoms with Crippen molar-refractivity contribution in [2.75, 3.05) is 14.2 Å². The van der Waals surface area contributed by atoms with Gasteiger partial charge in [-0.05, 0) is 54.1 Å². The first-order valence-corrected chi connectivity index (χ1v) is 12.1. The lowest BCUT2D eigenvalue weighted by atomic mass is 9.92. The molecule has 0 aliphatic carbocycles. The highest BCUT2D eigenvalue weighted by Crippen LogP contribution is 2.38. The first-order valence-electron chi connectivity index (χ1n) is 12.1. The molecule has 0 N–H and O–H groups in total. The van der Waals surface area contributed by atoms with E-state index in [2.05, 4.69) is 71.1 Å². The van der Waals surface area contributed by atoms with Crippen LogP contribution in [0.3, 0.4) is 0 Å². The Labute approximate surface area is 222 Å². The zero-order valence-corrected chi connectivity index (χ0v) is 21.1. The molecule has 0 fully saturated rings. The van der Waals surface area contributed by atoms with E-state index < -0.39 is 7.25 Å². The van der Waals surface area contributed by atoms with Crippen molar-refractivity contribution in [3.8, 4) is 33.9 Å². The summed E-state index contributed by atoms with van der Waals surface area (Å²) in [5.41, 5.74) is 7.58. The van der Waals surface area contributed by atoms with E-state index in [0.717, 1.165) is 55.8 Å². The van der Waals surface area contributed by atoms with Crippen molar-refractivity contribution in [1.29, 1.82) is 0 Å². The Kier molecular flexibility index (Phi) is 7.06. The Morgan fingerprint density at radius 3 is 1.72 bits per heavy atom. The maximum absolute atomic E-state index is 9.75. The van der Waals surface area contributed by atoms with Gasteiger partial charge in [0.05, 0.1) is 25.2 Å². The molecule has 2 heterocycles. The highest BCUT2D eigenvalue weighted by molar-refractivity contribution is 6.50. The number of benzene rings is 4. The number of fused-ring (bicyclic) bond motifs is 5. The molecule has 196 valence electrons. The standard InChI is InChI=1S/C30H23N2O2.BF4/c1-33-22-15-11-20(12-16-22)29-25-8-4-3-7-24(25)28-19-31-26-9-5-6-10-27(26)32(28)30(29)21-13-17-23(34-2)18-14-21;2-1(3,4)5/h3-19H,1-2H3;/q+1;-1. The minimum Gasteiger partial charge on any atom is -0.497 e. The second-order valence-electron chi connectivity index (χ2n) is 8.69. The van der Waals surface area contributed by atoms with E-state index >= 15 is 0 Å². The predicted molar refractivity (Wildman–Crippen MR) is 147 cm³/mol. The van der Waals surface area contributed by atoms with Gasteiger partial charge in [-0.25, -0.2) is 4.98 Å². The van der Waals surface area contributed by atoms with Crippen LogP contribution in [0.2, 0.25) is 0 Å². The normalized spacial score (nSPS) is 11.3. The van der Waals surface area contributed by atoms with Crippen molar-refractivity contribution in [3.63, 3.8) is 0 Å². The maximum atomic E-state index is 9.75. The van der Waals surface area contributed by atoms with Gasteiger partial charge in [-0.2, -0.15) is 0 Å². The molecule has 0 saturated heterocycles. The first kappa shape index (κ1) is 26.0. The van der Waals surface area contributed by atoms with Crippen molar-refractivity contribution in [3.05, 3.63) is 103 Å². The van der Waals surface area contributed by atoms with Crippen LogP contribution in [0.4, 0.5) is 17.3 Å². The monoisotopic (exact) mass is 530 g/mol. The fourth-order valence-corrected chi connectivity index (χ4v) is 4.75. The van der Waals surface area contributed by atoms with E-state index in [4.69, 9.17) is 14.5 Å². The van der Waals surface area contributed by atoms with Gasteiger partial charge in [-0.15, -0.1) is 4.40 Å². The Balaban J connectivity index is 0.000000567. The van der Waals surface area contributed by atoms with Crippen molar-refractivity contribution < 1.29 is 31.1 Å². The molecule has 0 aliphatic rings. The molecule has 4 nitrogen and oxygen atoms in total. The fraction of sp³-hybridized carbons (Fsp3) is 0.0667. The van der Waals surface area contributed by atoms with E-state index in [1.165, 1.54) is 5.39 Å². The van der Waals surface area contributed by atoms with Crippen molar-refractivity contribution in [1.82, 2.24) is 4.98 Å². The average Bonchev–Trinajstić information content (AvgIpc) is 2.95. The molecule has 4 aromatic carbocycles. The van der Waals surface area contributed by atoms with Crippen LogP contribution in [-0.2, 0) is 0 Å². The SMILES string of the molecule is COc1ccc(-c2c(-c3ccc(OC)cc3)[n+]3c4ccccc4ncc3c3ccccc23)cc1.F[B-](F)(F)F. The summed E-state index contributed by atoms with van der Waals surface area (Å²) in [5.74, 6) is 1.67. The Hall–Kier alpha value is -4.66. The lowest BCUT2D eigenvalue weighted by Gasteiger charge is -2.14. The van der Waals surface area contributed by atoms with Gasteiger partial charge >= 0.3 is 7.25 Å². The Morgan fingerprint density at radius 1 is 0.615 bits per heavy atom. The fourth-order valence-electron chi connectivity index (χ4n) is 4.75. The number of pyridine rings is 1. The van der Waals surface area contributed by atoms with Gasteiger partial charge in [0.25, 0.3) is 0 Å². The number of halogens is 4. The number of aromatic nitrogens is 2. The largest absolute Gasteiger partial charge is 0.673 e. The molecule has 6 rings (SSSR count). The number of hydrogen-bond donors (Lipinski definition) is 0. The number of rotatable bonds is 4. The summed E-state index contributed by atoms with van der Waals surface area (Å²) in [7, 11) is -2.62. The van der Waals surface area contributed by atoms with Gasteiger partial charge in [-0.1, -0.05) is 42.5 Å². The third kappa shape index (κ3) is 5.34. The third-order valence-corrected chi connectivity index (χ3v) is 6.36. The van der Waals surface area contributed by atoms with Crippen molar-refractivity contribution >= 4 is 34.6 Å². The van der Waals surface area contributed by atoms with Gasteiger partial charge in [-0.3, -0.25) is 0 Å². The summed E-state index contributed by atoms with van der Waals surface area (Å²) < 4.78 is 52.2. The molecule has 0 aliphatic heterocycles. The van der Waals surface area contributed by atoms with Crippen molar-refractivity contribution in [2.45, 2.75) is 0 Å². The quantitative estimate of drug-likeness (QED) is 0.101. The van der Waals surface area contributed by atoms with Crippen LogP contribution in [0.15, 0.2) is 103 Å². The van der Waals surface area contributed by atoms with Crippen LogP contribution in [0.1, 0.15) is 0 Å². The van der Waals surface area contributed by atoms with Gasteiger partial charge < -0.3 is 26.7 Å². The molecule has 0 radical (unpaired) electrons. The number of nitrogens with zero attached hydrogens (tertiary/aromatic N) is 2. The second kappa shape index (κ2) is 10.6. The van der Waals surface area contributed by atoms with Crippen LogP contribution in [0.5, 0.6) is 11.5 Å². The lowest BCUT2D eigenvalue weighted by Crippen LogP contribution is -2.28. The molecule has 2 aromatic heterocycles. The van der Waals surface area contributed by atoms with Gasteiger partial charge in [0.2, 0.25) is 16.7 Å². The number of ether oxygens (including phenoxy) is 2. The van der Waals surface area contributed by atoms with E-state index in [1.54, 1.807) is 14.2 Å². The van der Waals surface area contributed by atoms with Crippen LogP contribution in [0.25, 0.3) is 49.7 Å². The number of hydrogen-bond acceptors (Lipinski definition) is 3. The zero-order chi connectivity index (χ0) is 27.6. The molecule has 39 heavy (non-hydrogen) atoms. The summed E-state index contributed by atoms with van der Waals surface area (Å²) in [4.78, 5) is 4.79. The summed E-state index contributed by atoms with van der Waals surface area (Å²) in [6, 6.07) is 33.4. The molecule has 0 amide bonds. The minimum absolute atomic E-state index is 0.830. The molecule has 9 heteroatoms. The maximum Gasteiger partial charge on any atom is 0.673 e. The molecule has 6 aromatic rings. The van der Waals surface area contributed by atoms with Crippen LogP contribution in [-0.4, -0.2) is 26.5 Å². The molecule has 0 spiro atoms.